The topological polar surface area (TPSA) is 60.0 Å². The van der Waals surface area contributed by atoms with Crippen molar-refractivity contribution < 1.29 is 9.47 Å². The maximum atomic E-state index is 5.38. The lowest BCUT2D eigenvalue weighted by molar-refractivity contribution is 0.395. The number of ether oxygens (including phenoxy) is 2. The third-order valence-electron chi connectivity index (χ3n) is 2.92. The SMILES string of the molecule is COc1ccc(-c2nc3cccnc3[nH]2)c(OC)c1. The molecule has 0 saturated carbocycles. The summed E-state index contributed by atoms with van der Waals surface area (Å²) in [5.41, 5.74) is 2.46. The summed E-state index contributed by atoms with van der Waals surface area (Å²) in [6, 6.07) is 9.39. The van der Waals surface area contributed by atoms with Crippen LogP contribution >= 0.6 is 0 Å². The van der Waals surface area contributed by atoms with Crippen molar-refractivity contribution in [3.05, 3.63) is 36.5 Å². The zero-order valence-electron chi connectivity index (χ0n) is 10.7. The van der Waals surface area contributed by atoms with Crippen LogP contribution in [0.4, 0.5) is 0 Å². The molecule has 3 rings (SSSR count). The van der Waals surface area contributed by atoms with Crippen molar-refractivity contribution in [3.8, 4) is 22.9 Å². The number of benzene rings is 1. The molecule has 0 atom stereocenters. The van der Waals surface area contributed by atoms with Gasteiger partial charge in [0, 0.05) is 12.3 Å². The summed E-state index contributed by atoms with van der Waals surface area (Å²) < 4.78 is 10.6. The Balaban J connectivity index is 2.15. The molecule has 0 aliphatic rings. The van der Waals surface area contributed by atoms with Crippen LogP contribution in [-0.4, -0.2) is 29.2 Å². The Labute approximate surface area is 110 Å². The van der Waals surface area contributed by atoms with Gasteiger partial charge in [-0.15, -0.1) is 0 Å². The van der Waals surface area contributed by atoms with Crippen LogP contribution in [0.3, 0.4) is 0 Å². The minimum atomic E-state index is 0.707. The molecule has 1 aromatic carbocycles. The highest BCUT2D eigenvalue weighted by molar-refractivity contribution is 5.77. The Morgan fingerprint density at radius 3 is 2.74 bits per heavy atom. The normalized spacial score (nSPS) is 10.6. The average molecular weight is 255 g/mol. The fraction of sp³-hybridized carbons (Fsp3) is 0.143. The van der Waals surface area contributed by atoms with Crippen molar-refractivity contribution in [3.63, 3.8) is 0 Å². The van der Waals surface area contributed by atoms with Gasteiger partial charge in [0.1, 0.15) is 22.8 Å². The van der Waals surface area contributed by atoms with Gasteiger partial charge in [-0.25, -0.2) is 9.97 Å². The van der Waals surface area contributed by atoms with Crippen LogP contribution in [-0.2, 0) is 0 Å². The van der Waals surface area contributed by atoms with E-state index in [4.69, 9.17) is 9.47 Å². The quantitative estimate of drug-likeness (QED) is 0.781. The van der Waals surface area contributed by atoms with E-state index in [2.05, 4.69) is 15.0 Å². The smallest absolute Gasteiger partial charge is 0.157 e. The Hall–Kier alpha value is -2.56. The van der Waals surface area contributed by atoms with E-state index in [1.165, 1.54) is 0 Å². The van der Waals surface area contributed by atoms with E-state index < -0.39 is 0 Å². The van der Waals surface area contributed by atoms with Gasteiger partial charge in [-0.3, -0.25) is 0 Å². The Morgan fingerprint density at radius 1 is 1.11 bits per heavy atom. The van der Waals surface area contributed by atoms with E-state index in [0.717, 1.165) is 28.3 Å². The first-order valence-electron chi connectivity index (χ1n) is 5.85. The number of imidazole rings is 1. The molecule has 0 aliphatic heterocycles. The summed E-state index contributed by atoms with van der Waals surface area (Å²) in [4.78, 5) is 11.9. The van der Waals surface area contributed by atoms with Gasteiger partial charge in [0.05, 0.1) is 19.8 Å². The predicted molar refractivity (Wildman–Crippen MR) is 72.4 cm³/mol. The number of aromatic nitrogens is 3. The number of hydrogen-bond acceptors (Lipinski definition) is 4. The van der Waals surface area contributed by atoms with E-state index in [-0.39, 0.29) is 0 Å². The number of pyridine rings is 1. The number of nitrogens with zero attached hydrogens (tertiary/aromatic N) is 2. The molecule has 96 valence electrons. The van der Waals surface area contributed by atoms with Crippen LogP contribution in [0.2, 0.25) is 0 Å². The first-order valence-corrected chi connectivity index (χ1v) is 5.85. The molecule has 0 amide bonds. The summed E-state index contributed by atoms with van der Waals surface area (Å²) in [5, 5.41) is 0. The Morgan fingerprint density at radius 2 is 2.00 bits per heavy atom. The molecule has 19 heavy (non-hydrogen) atoms. The minimum Gasteiger partial charge on any atom is -0.497 e. The zero-order valence-corrected chi connectivity index (χ0v) is 10.7. The molecule has 0 aliphatic carbocycles. The van der Waals surface area contributed by atoms with E-state index in [9.17, 15) is 0 Å². The fourth-order valence-corrected chi connectivity index (χ4v) is 1.97. The van der Waals surface area contributed by atoms with Crippen molar-refractivity contribution in [2.45, 2.75) is 0 Å². The van der Waals surface area contributed by atoms with E-state index in [0.29, 0.717) is 5.75 Å². The van der Waals surface area contributed by atoms with Gasteiger partial charge in [0.15, 0.2) is 5.65 Å². The molecule has 3 aromatic rings. The number of aromatic amines is 1. The maximum absolute atomic E-state index is 5.38. The first kappa shape index (κ1) is 11.5. The second-order valence-corrected chi connectivity index (χ2v) is 4.02. The summed E-state index contributed by atoms with van der Waals surface area (Å²) >= 11 is 0. The molecule has 0 unspecified atom stereocenters. The highest BCUT2D eigenvalue weighted by Gasteiger charge is 2.11. The molecule has 0 radical (unpaired) electrons. The molecule has 0 fully saturated rings. The number of methoxy groups -OCH3 is 2. The molecular weight excluding hydrogens is 242 g/mol. The predicted octanol–water partition coefficient (Wildman–Crippen LogP) is 2.64. The number of nitrogens with one attached hydrogen (secondary N) is 1. The van der Waals surface area contributed by atoms with Gasteiger partial charge < -0.3 is 14.5 Å². The van der Waals surface area contributed by atoms with Crippen LogP contribution in [0, 0.1) is 0 Å². The van der Waals surface area contributed by atoms with Crippen molar-refractivity contribution in [1.82, 2.24) is 15.0 Å². The lowest BCUT2D eigenvalue weighted by Crippen LogP contribution is -1.91. The highest BCUT2D eigenvalue weighted by atomic mass is 16.5. The van der Waals surface area contributed by atoms with Crippen LogP contribution in [0.25, 0.3) is 22.6 Å². The van der Waals surface area contributed by atoms with Crippen LogP contribution < -0.4 is 9.47 Å². The van der Waals surface area contributed by atoms with Crippen LogP contribution in [0.15, 0.2) is 36.5 Å². The van der Waals surface area contributed by atoms with Gasteiger partial charge in [-0.1, -0.05) is 0 Å². The summed E-state index contributed by atoms with van der Waals surface area (Å²) in [7, 11) is 3.25. The third-order valence-corrected chi connectivity index (χ3v) is 2.92. The molecular formula is C14H13N3O2. The van der Waals surface area contributed by atoms with Gasteiger partial charge in [0.25, 0.3) is 0 Å². The minimum absolute atomic E-state index is 0.707. The number of hydrogen-bond donors (Lipinski definition) is 1. The Bertz CT molecular complexity index is 689. The van der Waals surface area contributed by atoms with Crippen LogP contribution in [0.1, 0.15) is 0 Å². The van der Waals surface area contributed by atoms with Crippen molar-refractivity contribution in [2.75, 3.05) is 14.2 Å². The monoisotopic (exact) mass is 255 g/mol. The molecule has 5 nitrogen and oxygen atoms in total. The second-order valence-electron chi connectivity index (χ2n) is 4.02. The lowest BCUT2D eigenvalue weighted by Gasteiger charge is -2.08. The summed E-state index contributed by atoms with van der Waals surface area (Å²) in [6.07, 6.45) is 1.73. The second kappa shape index (κ2) is 4.61. The number of rotatable bonds is 3. The van der Waals surface area contributed by atoms with Crippen molar-refractivity contribution in [1.29, 1.82) is 0 Å². The molecule has 5 heteroatoms. The van der Waals surface area contributed by atoms with Gasteiger partial charge in [0.2, 0.25) is 0 Å². The lowest BCUT2D eigenvalue weighted by atomic mass is 10.2. The average Bonchev–Trinajstić information content (AvgIpc) is 2.90. The largest absolute Gasteiger partial charge is 0.497 e. The molecule has 2 aromatic heterocycles. The van der Waals surface area contributed by atoms with Gasteiger partial charge in [-0.05, 0) is 24.3 Å². The highest BCUT2D eigenvalue weighted by Crippen LogP contribution is 2.32. The molecule has 0 saturated heterocycles. The van der Waals surface area contributed by atoms with Crippen LogP contribution in [0.5, 0.6) is 11.5 Å². The van der Waals surface area contributed by atoms with E-state index >= 15 is 0 Å². The molecule has 0 spiro atoms. The standard InChI is InChI=1S/C14H13N3O2/c1-18-9-5-6-10(12(8-9)19-2)13-16-11-4-3-7-15-14(11)17-13/h3-8H,1-2H3,(H,15,16,17). The maximum Gasteiger partial charge on any atom is 0.157 e. The fourth-order valence-electron chi connectivity index (χ4n) is 1.97. The molecule has 0 bridgehead atoms. The zero-order chi connectivity index (χ0) is 13.2. The molecule has 1 N–H and O–H groups in total. The van der Waals surface area contributed by atoms with Gasteiger partial charge >= 0.3 is 0 Å². The Kier molecular flexibility index (Phi) is 2.79. The third kappa shape index (κ3) is 1.99. The summed E-state index contributed by atoms with van der Waals surface area (Å²) in [5.74, 6) is 2.18. The van der Waals surface area contributed by atoms with E-state index in [1.54, 1.807) is 20.4 Å². The van der Waals surface area contributed by atoms with Crippen molar-refractivity contribution >= 4 is 11.2 Å². The summed E-state index contributed by atoms with van der Waals surface area (Å²) in [6.45, 7) is 0. The number of H-pyrrole nitrogens is 1. The van der Waals surface area contributed by atoms with Gasteiger partial charge in [-0.2, -0.15) is 0 Å². The van der Waals surface area contributed by atoms with Crippen molar-refractivity contribution in [2.24, 2.45) is 0 Å². The number of fused-ring (bicyclic) bond motifs is 1. The molecule has 2 heterocycles. The first-order chi connectivity index (χ1) is 9.31. The van der Waals surface area contributed by atoms with E-state index in [1.807, 2.05) is 30.3 Å².